The molecule has 6 heteroatoms. The Kier molecular flexibility index (Phi) is 4.14. The van der Waals surface area contributed by atoms with Crippen molar-refractivity contribution in [3.8, 4) is 0 Å². The van der Waals surface area contributed by atoms with Crippen molar-refractivity contribution < 1.29 is 4.79 Å². The van der Waals surface area contributed by atoms with E-state index in [-0.39, 0.29) is 11.9 Å². The van der Waals surface area contributed by atoms with Crippen LogP contribution in [-0.4, -0.2) is 35.4 Å². The maximum atomic E-state index is 12.7. The number of carbonyl (C=O) groups is 1. The number of amides is 1. The van der Waals surface area contributed by atoms with Crippen LogP contribution in [0.5, 0.6) is 0 Å². The second kappa shape index (κ2) is 6.03. The standard InChI is InChI=1S/C14H14BrN3OS/c15-13-6-11(9-20-13)14(19)18-5-4-17-8-12(18)10-2-1-3-16-7-10/h1-3,6-7,9,12,17H,4-5,8H2. The quantitative estimate of drug-likeness (QED) is 0.904. The highest BCUT2D eigenvalue weighted by Crippen LogP contribution is 2.27. The Morgan fingerprint density at radius 1 is 1.55 bits per heavy atom. The molecule has 4 nitrogen and oxygen atoms in total. The van der Waals surface area contributed by atoms with Gasteiger partial charge in [0.15, 0.2) is 0 Å². The molecule has 2 aromatic heterocycles. The maximum absolute atomic E-state index is 12.7. The molecule has 2 aromatic rings. The fourth-order valence-electron chi connectivity index (χ4n) is 2.41. The van der Waals surface area contributed by atoms with Gasteiger partial charge in [-0.2, -0.15) is 0 Å². The van der Waals surface area contributed by atoms with E-state index in [0.717, 1.165) is 28.0 Å². The summed E-state index contributed by atoms with van der Waals surface area (Å²) in [6.07, 6.45) is 3.59. The molecule has 3 rings (SSSR count). The first kappa shape index (κ1) is 13.7. The number of aromatic nitrogens is 1. The lowest BCUT2D eigenvalue weighted by molar-refractivity contribution is 0.0634. The zero-order valence-electron chi connectivity index (χ0n) is 10.8. The number of halogens is 1. The van der Waals surface area contributed by atoms with Crippen LogP contribution in [0, 0.1) is 0 Å². The second-order valence-electron chi connectivity index (χ2n) is 4.64. The molecule has 1 N–H and O–H groups in total. The number of rotatable bonds is 2. The molecule has 1 amide bonds. The molecule has 1 saturated heterocycles. The molecular weight excluding hydrogens is 338 g/mol. The molecule has 104 valence electrons. The molecule has 1 unspecified atom stereocenters. The summed E-state index contributed by atoms with van der Waals surface area (Å²) >= 11 is 4.94. The molecular formula is C14H14BrN3OS. The minimum atomic E-state index is 0.0450. The van der Waals surface area contributed by atoms with Crippen molar-refractivity contribution >= 4 is 33.2 Å². The van der Waals surface area contributed by atoms with Gasteiger partial charge in [-0.15, -0.1) is 11.3 Å². The van der Waals surface area contributed by atoms with Crippen LogP contribution >= 0.6 is 27.3 Å². The Bertz CT molecular complexity index is 601. The molecule has 0 aromatic carbocycles. The smallest absolute Gasteiger partial charge is 0.255 e. The van der Waals surface area contributed by atoms with Crippen LogP contribution in [0.2, 0.25) is 0 Å². The molecule has 1 aliphatic heterocycles. The van der Waals surface area contributed by atoms with Gasteiger partial charge in [0, 0.05) is 37.4 Å². The SMILES string of the molecule is O=C(c1csc(Br)c1)N1CCNCC1c1cccnc1. The first-order chi connectivity index (χ1) is 9.75. The predicted molar refractivity (Wildman–Crippen MR) is 82.9 cm³/mol. The summed E-state index contributed by atoms with van der Waals surface area (Å²) in [6, 6.07) is 5.86. The van der Waals surface area contributed by atoms with Gasteiger partial charge in [-0.1, -0.05) is 6.07 Å². The van der Waals surface area contributed by atoms with Gasteiger partial charge in [-0.25, -0.2) is 0 Å². The molecule has 0 aliphatic carbocycles. The zero-order chi connectivity index (χ0) is 13.9. The van der Waals surface area contributed by atoms with Gasteiger partial charge >= 0.3 is 0 Å². The van der Waals surface area contributed by atoms with Crippen molar-refractivity contribution in [2.75, 3.05) is 19.6 Å². The monoisotopic (exact) mass is 351 g/mol. The first-order valence-electron chi connectivity index (χ1n) is 6.41. The van der Waals surface area contributed by atoms with E-state index < -0.39 is 0 Å². The summed E-state index contributed by atoms with van der Waals surface area (Å²) in [4.78, 5) is 18.8. The number of nitrogens with zero attached hydrogens (tertiary/aromatic N) is 2. The molecule has 1 atom stereocenters. The Morgan fingerprint density at radius 3 is 3.15 bits per heavy atom. The van der Waals surface area contributed by atoms with Crippen molar-refractivity contribution in [2.24, 2.45) is 0 Å². The van der Waals surface area contributed by atoms with Crippen LogP contribution in [-0.2, 0) is 0 Å². The zero-order valence-corrected chi connectivity index (χ0v) is 13.2. The van der Waals surface area contributed by atoms with Gasteiger partial charge in [0.1, 0.15) is 0 Å². The van der Waals surface area contributed by atoms with Gasteiger partial charge in [0.2, 0.25) is 0 Å². The fraction of sp³-hybridized carbons (Fsp3) is 0.286. The van der Waals surface area contributed by atoms with Gasteiger partial charge < -0.3 is 10.2 Å². The lowest BCUT2D eigenvalue weighted by atomic mass is 10.0. The van der Waals surface area contributed by atoms with E-state index >= 15 is 0 Å². The van der Waals surface area contributed by atoms with E-state index in [4.69, 9.17) is 0 Å². The van der Waals surface area contributed by atoms with Gasteiger partial charge in [-0.05, 0) is 33.6 Å². The lowest BCUT2D eigenvalue weighted by Crippen LogP contribution is -2.48. The summed E-state index contributed by atoms with van der Waals surface area (Å²) < 4.78 is 0.980. The number of thiophene rings is 1. The minimum absolute atomic E-state index is 0.0450. The highest BCUT2D eigenvalue weighted by atomic mass is 79.9. The van der Waals surface area contributed by atoms with Crippen molar-refractivity contribution in [3.63, 3.8) is 0 Å². The topological polar surface area (TPSA) is 45.2 Å². The summed E-state index contributed by atoms with van der Waals surface area (Å²) in [5.74, 6) is 0.0855. The van der Waals surface area contributed by atoms with Crippen LogP contribution in [0.4, 0.5) is 0 Å². The molecule has 3 heterocycles. The van der Waals surface area contributed by atoms with E-state index in [0.29, 0.717) is 6.54 Å². The van der Waals surface area contributed by atoms with E-state index in [1.54, 1.807) is 6.20 Å². The summed E-state index contributed by atoms with van der Waals surface area (Å²) in [5.41, 5.74) is 1.82. The Morgan fingerprint density at radius 2 is 2.45 bits per heavy atom. The van der Waals surface area contributed by atoms with Gasteiger partial charge in [0.25, 0.3) is 5.91 Å². The van der Waals surface area contributed by atoms with Crippen molar-refractivity contribution in [1.29, 1.82) is 0 Å². The van der Waals surface area contributed by atoms with Gasteiger partial charge in [0.05, 0.1) is 15.4 Å². The third-order valence-corrected chi connectivity index (χ3v) is 4.89. The molecule has 0 radical (unpaired) electrons. The summed E-state index contributed by atoms with van der Waals surface area (Å²) in [6.45, 7) is 2.31. The van der Waals surface area contributed by atoms with Crippen molar-refractivity contribution in [2.45, 2.75) is 6.04 Å². The molecule has 0 bridgehead atoms. The average molecular weight is 352 g/mol. The van der Waals surface area contributed by atoms with Crippen LogP contribution < -0.4 is 5.32 Å². The average Bonchev–Trinajstić information content (AvgIpc) is 2.94. The Balaban J connectivity index is 1.87. The van der Waals surface area contributed by atoms with Gasteiger partial charge in [-0.3, -0.25) is 9.78 Å². The van der Waals surface area contributed by atoms with E-state index in [1.165, 1.54) is 11.3 Å². The largest absolute Gasteiger partial charge is 0.329 e. The van der Waals surface area contributed by atoms with Crippen LogP contribution in [0.15, 0.2) is 39.8 Å². The van der Waals surface area contributed by atoms with Crippen molar-refractivity contribution in [1.82, 2.24) is 15.2 Å². The van der Waals surface area contributed by atoms with E-state index in [9.17, 15) is 4.79 Å². The number of piperazine rings is 1. The predicted octanol–water partition coefficient (Wildman–Crippen LogP) is 2.69. The third kappa shape index (κ3) is 2.77. The summed E-state index contributed by atoms with van der Waals surface area (Å²) in [5, 5.41) is 5.24. The Labute approximate surface area is 130 Å². The van der Waals surface area contributed by atoms with E-state index in [1.807, 2.05) is 34.7 Å². The highest BCUT2D eigenvalue weighted by molar-refractivity contribution is 9.11. The molecule has 0 saturated carbocycles. The molecule has 20 heavy (non-hydrogen) atoms. The number of pyridine rings is 1. The Hall–Kier alpha value is -1.24. The second-order valence-corrected chi connectivity index (χ2v) is 6.93. The van der Waals surface area contributed by atoms with E-state index in [2.05, 4.69) is 26.2 Å². The fourth-order valence-corrected chi connectivity index (χ4v) is 3.54. The number of hydrogen-bond donors (Lipinski definition) is 1. The third-order valence-electron chi connectivity index (χ3n) is 3.39. The number of carbonyl (C=O) groups excluding carboxylic acids is 1. The summed E-state index contributed by atoms with van der Waals surface area (Å²) in [7, 11) is 0. The van der Waals surface area contributed by atoms with Crippen LogP contribution in [0.3, 0.4) is 0 Å². The highest BCUT2D eigenvalue weighted by Gasteiger charge is 2.29. The van der Waals surface area contributed by atoms with Crippen LogP contribution in [0.1, 0.15) is 22.0 Å². The van der Waals surface area contributed by atoms with Crippen molar-refractivity contribution in [3.05, 3.63) is 50.9 Å². The number of hydrogen-bond acceptors (Lipinski definition) is 4. The first-order valence-corrected chi connectivity index (χ1v) is 8.08. The number of nitrogens with one attached hydrogen (secondary N) is 1. The lowest BCUT2D eigenvalue weighted by Gasteiger charge is -2.36. The maximum Gasteiger partial charge on any atom is 0.255 e. The van der Waals surface area contributed by atoms with Crippen LogP contribution in [0.25, 0.3) is 0 Å². The molecule has 0 spiro atoms. The molecule has 1 aliphatic rings. The molecule has 1 fully saturated rings. The minimum Gasteiger partial charge on any atom is -0.329 e. The normalized spacial score (nSPS) is 19.1.